The summed E-state index contributed by atoms with van der Waals surface area (Å²) in [6.45, 7) is 5.26. The number of rotatable bonds is 9. The molecule has 0 saturated heterocycles. The lowest BCUT2D eigenvalue weighted by molar-refractivity contribution is -0.119. The van der Waals surface area contributed by atoms with E-state index in [1.807, 2.05) is 43.3 Å². The molecule has 0 radical (unpaired) electrons. The highest BCUT2D eigenvalue weighted by molar-refractivity contribution is 5.94. The summed E-state index contributed by atoms with van der Waals surface area (Å²) in [6.07, 6.45) is 0. The van der Waals surface area contributed by atoms with Crippen LogP contribution in [0.15, 0.2) is 48.5 Å². The van der Waals surface area contributed by atoms with Gasteiger partial charge >= 0.3 is 0 Å². The fourth-order valence-corrected chi connectivity index (χ4v) is 2.23. The molecule has 138 valence electrons. The summed E-state index contributed by atoms with van der Waals surface area (Å²) in [7, 11) is 0. The van der Waals surface area contributed by atoms with Crippen LogP contribution >= 0.6 is 0 Å². The molecule has 0 spiro atoms. The Balaban J connectivity index is 1.71. The fraction of sp³-hybridized carbons (Fsp3) is 0.300. The van der Waals surface area contributed by atoms with Crippen LogP contribution in [-0.2, 0) is 11.3 Å². The minimum Gasteiger partial charge on any atom is -0.494 e. The number of carbonyl (C=O) groups is 2. The van der Waals surface area contributed by atoms with Gasteiger partial charge in [0.15, 0.2) is 0 Å². The molecule has 2 N–H and O–H groups in total. The molecule has 0 aliphatic rings. The molecule has 0 bridgehead atoms. The Morgan fingerprint density at radius 2 is 1.50 bits per heavy atom. The third kappa shape index (κ3) is 6.47. The van der Waals surface area contributed by atoms with Crippen molar-refractivity contribution in [1.82, 2.24) is 10.6 Å². The first kappa shape index (κ1) is 19.3. The van der Waals surface area contributed by atoms with Crippen LogP contribution in [0.2, 0.25) is 0 Å². The van der Waals surface area contributed by atoms with Gasteiger partial charge in [-0.15, -0.1) is 0 Å². The Kier molecular flexibility index (Phi) is 7.49. The SMILES string of the molecule is CCOc1ccc(OCCNC(=O)c2ccc(CNC(C)=O)cc2)cc1. The summed E-state index contributed by atoms with van der Waals surface area (Å²) >= 11 is 0. The van der Waals surface area contributed by atoms with E-state index in [0.29, 0.717) is 31.9 Å². The predicted molar refractivity (Wildman–Crippen MR) is 99.4 cm³/mol. The summed E-state index contributed by atoms with van der Waals surface area (Å²) in [5, 5.41) is 5.53. The van der Waals surface area contributed by atoms with Gasteiger partial charge in [0.1, 0.15) is 18.1 Å². The van der Waals surface area contributed by atoms with Gasteiger partial charge in [-0.3, -0.25) is 9.59 Å². The van der Waals surface area contributed by atoms with Crippen molar-refractivity contribution in [2.24, 2.45) is 0 Å². The zero-order chi connectivity index (χ0) is 18.8. The summed E-state index contributed by atoms with van der Waals surface area (Å²) in [5.41, 5.74) is 1.51. The van der Waals surface area contributed by atoms with E-state index in [4.69, 9.17) is 9.47 Å². The normalized spacial score (nSPS) is 10.1. The lowest BCUT2D eigenvalue weighted by Crippen LogP contribution is -2.28. The van der Waals surface area contributed by atoms with E-state index in [9.17, 15) is 9.59 Å². The molecule has 0 aliphatic heterocycles. The molecular weight excluding hydrogens is 332 g/mol. The van der Waals surface area contributed by atoms with E-state index in [-0.39, 0.29) is 11.8 Å². The van der Waals surface area contributed by atoms with Gasteiger partial charge in [0.05, 0.1) is 13.2 Å². The molecule has 0 saturated carbocycles. The van der Waals surface area contributed by atoms with Gasteiger partial charge < -0.3 is 20.1 Å². The van der Waals surface area contributed by atoms with E-state index in [2.05, 4.69) is 10.6 Å². The number of carbonyl (C=O) groups excluding carboxylic acids is 2. The molecule has 2 aromatic rings. The Hall–Kier alpha value is -3.02. The van der Waals surface area contributed by atoms with E-state index in [0.717, 1.165) is 17.1 Å². The van der Waals surface area contributed by atoms with Crippen molar-refractivity contribution in [3.63, 3.8) is 0 Å². The van der Waals surface area contributed by atoms with Crippen molar-refractivity contribution in [3.05, 3.63) is 59.7 Å². The standard InChI is InChI=1S/C20H24N2O4/c1-3-25-18-8-10-19(11-9-18)26-13-12-21-20(24)17-6-4-16(5-7-17)14-22-15(2)23/h4-11H,3,12-14H2,1-2H3,(H,21,24)(H,22,23). The number of nitrogens with one attached hydrogen (secondary N) is 2. The van der Waals surface area contributed by atoms with Crippen LogP contribution in [0.4, 0.5) is 0 Å². The summed E-state index contributed by atoms with van der Waals surface area (Å²) < 4.78 is 11.0. The van der Waals surface area contributed by atoms with Gasteiger partial charge in [-0.25, -0.2) is 0 Å². The van der Waals surface area contributed by atoms with E-state index >= 15 is 0 Å². The van der Waals surface area contributed by atoms with Crippen molar-refractivity contribution in [2.75, 3.05) is 19.8 Å². The Morgan fingerprint density at radius 3 is 2.08 bits per heavy atom. The van der Waals surface area contributed by atoms with Crippen molar-refractivity contribution in [2.45, 2.75) is 20.4 Å². The molecule has 0 aromatic heterocycles. The zero-order valence-corrected chi connectivity index (χ0v) is 15.1. The third-order valence-corrected chi connectivity index (χ3v) is 3.55. The summed E-state index contributed by atoms with van der Waals surface area (Å²) in [4.78, 5) is 23.0. The monoisotopic (exact) mass is 356 g/mol. The second kappa shape index (κ2) is 10.1. The number of ether oxygens (including phenoxy) is 2. The van der Waals surface area contributed by atoms with Crippen LogP contribution in [-0.4, -0.2) is 31.6 Å². The summed E-state index contributed by atoms with van der Waals surface area (Å²) in [5.74, 6) is 1.28. The van der Waals surface area contributed by atoms with Crippen molar-refractivity contribution >= 4 is 11.8 Å². The first-order valence-electron chi connectivity index (χ1n) is 8.55. The molecule has 0 atom stereocenters. The maximum Gasteiger partial charge on any atom is 0.251 e. The highest BCUT2D eigenvalue weighted by Gasteiger charge is 2.05. The van der Waals surface area contributed by atoms with E-state index in [1.165, 1.54) is 6.92 Å². The van der Waals surface area contributed by atoms with Crippen molar-refractivity contribution in [3.8, 4) is 11.5 Å². The minimum absolute atomic E-state index is 0.0839. The Morgan fingerprint density at radius 1 is 0.885 bits per heavy atom. The maximum atomic E-state index is 12.1. The van der Waals surface area contributed by atoms with Crippen molar-refractivity contribution < 1.29 is 19.1 Å². The number of benzene rings is 2. The quantitative estimate of drug-likeness (QED) is 0.677. The van der Waals surface area contributed by atoms with Gasteiger partial charge in [0.2, 0.25) is 5.91 Å². The average molecular weight is 356 g/mol. The summed E-state index contributed by atoms with van der Waals surface area (Å²) in [6, 6.07) is 14.5. The van der Waals surface area contributed by atoms with E-state index < -0.39 is 0 Å². The van der Waals surface area contributed by atoms with Gasteiger partial charge in [-0.1, -0.05) is 12.1 Å². The second-order valence-corrected chi connectivity index (χ2v) is 5.62. The van der Waals surface area contributed by atoms with Crippen LogP contribution in [0.3, 0.4) is 0 Å². The van der Waals surface area contributed by atoms with Crippen LogP contribution in [0, 0.1) is 0 Å². The highest BCUT2D eigenvalue weighted by atomic mass is 16.5. The lowest BCUT2D eigenvalue weighted by atomic mass is 10.1. The first-order valence-corrected chi connectivity index (χ1v) is 8.55. The molecule has 2 aromatic carbocycles. The van der Waals surface area contributed by atoms with Gasteiger partial charge in [0, 0.05) is 19.0 Å². The van der Waals surface area contributed by atoms with Crippen LogP contribution < -0.4 is 20.1 Å². The molecule has 6 heteroatoms. The molecular formula is C20H24N2O4. The molecule has 26 heavy (non-hydrogen) atoms. The number of amides is 2. The number of hydrogen-bond acceptors (Lipinski definition) is 4. The Labute approximate surface area is 153 Å². The van der Waals surface area contributed by atoms with Crippen LogP contribution in [0.1, 0.15) is 29.8 Å². The minimum atomic E-state index is -0.161. The molecule has 0 unspecified atom stereocenters. The van der Waals surface area contributed by atoms with Gasteiger partial charge in [-0.05, 0) is 48.9 Å². The maximum absolute atomic E-state index is 12.1. The average Bonchev–Trinajstić information content (AvgIpc) is 2.65. The van der Waals surface area contributed by atoms with E-state index in [1.54, 1.807) is 12.1 Å². The fourth-order valence-electron chi connectivity index (χ4n) is 2.23. The predicted octanol–water partition coefficient (Wildman–Crippen LogP) is 2.53. The smallest absolute Gasteiger partial charge is 0.251 e. The van der Waals surface area contributed by atoms with Crippen molar-refractivity contribution in [1.29, 1.82) is 0 Å². The topological polar surface area (TPSA) is 76.7 Å². The largest absolute Gasteiger partial charge is 0.494 e. The third-order valence-electron chi connectivity index (χ3n) is 3.55. The Bertz CT molecular complexity index is 712. The van der Waals surface area contributed by atoms with Gasteiger partial charge in [0.25, 0.3) is 5.91 Å². The first-order chi connectivity index (χ1) is 12.6. The highest BCUT2D eigenvalue weighted by Crippen LogP contribution is 2.17. The molecule has 0 heterocycles. The second-order valence-electron chi connectivity index (χ2n) is 5.62. The molecule has 0 aliphatic carbocycles. The van der Waals surface area contributed by atoms with Gasteiger partial charge in [-0.2, -0.15) is 0 Å². The molecule has 6 nitrogen and oxygen atoms in total. The molecule has 2 amide bonds. The zero-order valence-electron chi connectivity index (χ0n) is 15.1. The molecule has 2 rings (SSSR count). The number of hydrogen-bond donors (Lipinski definition) is 2. The lowest BCUT2D eigenvalue weighted by Gasteiger charge is -2.09. The van der Waals surface area contributed by atoms with Crippen LogP contribution in [0.5, 0.6) is 11.5 Å². The molecule has 0 fully saturated rings. The van der Waals surface area contributed by atoms with Crippen LogP contribution in [0.25, 0.3) is 0 Å².